The largest absolute Gasteiger partial charge is 0.326 e. The average Bonchev–Trinajstić information content (AvgIpc) is 2.72. The van der Waals surface area contributed by atoms with Crippen LogP contribution in [0.1, 0.15) is 76.1 Å². The Bertz CT molecular complexity index is 766. The molecule has 1 aromatic carbocycles. The predicted molar refractivity (Wildman–Crippen MR) is 120 cm³/mol. The van der Waals surface area contributed by atoms with Crippen LogP contribution in [0, 0.1) is 5.92 Å². The Morgan fingerprint density at radius 3 is 2.41 bits per heavy atom. The van der Waals surface area contributed by atoms with E-state index in [0.29, 0.717) is 5.56 Å². The summed E-state index contributed by atoms with van der Waals surface area (Å²) in [4.78, 5) is 24.5. The molecule has 2 rings (SSSR count). The van der Waals surface area contributed by atoms with E-state index >= 15 is 0 Å². The molecule has 0 heterocycles. The maximum absolute atomic E-state index is 12.3. The van der Waals surface area contributed by atoms with Crippen LogP contribution in [0.2, 0.25) is 0 Å². The molecule has 1 aliphatic carbocycles. The van der Waals surface area contributed by atoms with E-state index in [1.165, 1.54) is 17.6 Å². The molecule has 1 aromatic rings. The number of carbonyl (C=O) groups is 2. The summed E-state index contributed by atoms with van der Waals surface area (Å²) in [6, 6.07) is 6.91. The average molecular weight is 396 g/mol. The number of nitrogens with one attached hydrogen (secondary N) is 2. The first-order valence-electron chi connectivity index (χ1n) is 10.5. The van der Waals surface area contributed by atoms with Crippen LogP contribution < -0.4 is 10.7 Å². The molecule has 156 valence electrons. The van der Waals surface area contributed by atoms with Crippen molar-refractivity contribution in [3.8, 4) is 0 Å². The normalized spacial score (nSPS) is 15.2. The minimum absolute atomic E-state index is 0.0817. The van der Waals surface area contributed by atoms with Gasteiger partial charge in [0.15, 0.2) is 0 Å². The smallest absolute Gasteiger partial charge is 0.271 e. The van der Waals surface area contributed by atoms with Gasteiger partial charge in [-0.25, -0.2) is 5.43 Å². The monoisotopic (exact) mass is 395 g/mol. The molecule has 1 saturated carbocycles. The van der Waals surface area contributed by atoms with Crippen molar-refractivity contribution in [2.75, 3.05) is 5.32 Å². The van der Waals surface area contributed by atoms with E-state index in [1.54, 1.807) is 30.5 Å². The SMILES string of the molecule is CC(C)=CCC/C(C)=C/C=N/NC(=O)c1ccc(NC(=O)C2CCCCC2)cc1. The van der Waals surface area contributed by atoms with Crippen LogP contribution in [0.15, 0.2) is 52.7 Å². The summed E-state index contributed by atoms with van der Waals surface area (Å²) in [6.07, 6.45) is 13.1. The second-order valence-electron chi connectivity index (χ2n) is 7.95. The summed E-state index contributed by atoms with van der Waals surface area (Å²) in [5, 5.41) is 6.93. The lowest BCUT2D eigenvalue weighted by Gasteiger charge is -2.20. The Balaban J connectivity index is 1.79. The van der Waals surface area contributed by atoms with Crippen molar-refractivity contribution in [2.24, 2.45) is 11.0 Å². The van der Waals surface area contributed by atoms with Crippen LogP contribution in [0.25, 0.3) is 0 Å². The van der Waals surface area contributed by atoms with Gasteiger partial charge in [0.05, 0.1) is 0 Å². The van der Waals surface area contributed by atoms with E-state index in [1.807, 2.05) is 13.0 Å². The van der Waals surface area contributed by atoms with Crippen LogP contribution in [-0.2, 0) is 4.79 Å². The first kappa shape index (κ1) is 22.6. The number of anilines is 1. The standard InChI is InChI=1S/C24H33N3O2/c1-18(2)8-7-9-19(3)16-17-25-27-24(29)21-12-14-22(15-13-21)26-23(28)20-10-5-4-6-11-20/h8,12-17,20H,4-7,9-11H2,1-3H3,(H,26,28)(H,27,29)/b19-16+,25-17+. The lowest BCUT2D eigenvalue weighted by molar-refractivity contribution is -0.120. The molecule has 5 heteroatoms. The molecule has 0 aliphatic heterocycles. The first-order chi connectivity index (χ1) is 14.0. The van der Waals surface area contributed by atoms with E-state index in [4.69, 9.17) is 0 Å². The molecule has 0 aromatic heterocycles. The Kier molecular flexibility index (Phi) is 9.35. The van der Waals surface area contributed by atoms with E-state index in [9.17, 15) is 9.59 Å². The van der Waals surface area contributed by atoms with Crippen LogP contribution in [0.5, 0.6) is 0 Å². The highest BCUT2D eigenvalue weighted by Crippen LogP contribution is 2.25. The third-order valence-corrected chi connectivity index (χ3v) is 5.08. The zero-order valence-electron chi connectivity index (χ0n) is 17.8. The Labute approximate surface area is 174 Å². The zero-order chi connectivity index (χ0) is 21.1. The van der Waals surface area contributed by atoms with Gasteiger partial charge >= 0.3 is 0 Å². The number of carbonyl (C=O) groups excluding carboxylic acids is 2. The van der Waals surface area contributed by atoms with Gasteiger partial charge in [0.25, 0.3) is 5.91 Å². The van der Waals surface area contributed by atoms with Crippen molar-refractivity contribution in [2.45, 2.75) is 65.7 Å². The highest BCUT2D eigenvalue weighted by atomic mass is 16.2. The van der Waals surface area contributed by atoms with Crippen LogP contribution in [-0.4, -0.2) is 18.0 Å². The van der Waals surface area contributed by atoms with E-state index < -0.39 is 0 Å². The summed E-state index contributed by atoms with van der Waals surface area (Å²) in [5.41, 5.74) is 6.27. The lowest BCUT2D eigenvalue weighted by atomic mass is 9.88. The minimum atomic E-state index is -0.276. The first-order valence-corrected chi connectivity index (χ1v) is 10.5. The number of hydrogen-bond acceptors (Lipinski definition) is 3. The Hall–Kier alpha value is -2.69. The zero-order valence-corrected chi connectivity index (χ0v) is 17.8. The van der Waals surface area contributed by atoms with Gasteiger partial charge in [0.2, 0.25) is 5.91 Å². The molecule has 1 fully saturated rings. The van der Waals surface area contributed by atoms with Gasteiger partial charge in [-0.05, 0) is 76.8 Å². The number of benzene rings is 1. The molecule has 2 amide bonds. The maximum Gasteiger partial charge on any atom is 0.271 e. The fraction of sp³-hybridized carbons (Fsp3) is 0.458. The molecule has 0 bridgehead atoms. The van der Waals surface area contributed by atoms with Crippen molar-refractivity contribution in [1.82, 2.24) is 5.43 Å². The molecule has 2 N–H and O–H groups in total. The van der Waals surface area contributed by atoms with Crippen molar-refractivity contribution >= 4 is 23.7 Å². The summed E-state index contributed by atoms with van der Waals surface area (Å²) in [6.45, 7) is 6.23. The number of hydrazone groups is 1. The molecule has 0 atom stereocenters. The predicted octanol–water partition coefficient (Wildman–Crippen LogP) is 5.61. The highest BCUT2D eigenvalue weighted by Gasteiger charge is 2.21. The van der Waals surface area contributed by atoms with E-state index in [0.717, 1.165) is 44.2 Å². The van der Waals surface area contributed by atoms with Gasteiger partial charge in [-0.1, -0.05) is 36.5 Å². The summed E-state index contributed by atoms with van der Waals surface area (Å²) < 4.78 is 0. The Morgan fingerprint density at radius 1 is 1.07 bits per heavy atom. The maximum atomic E-state index is 12.3. The summed E-state index contributed by atoms with van der Waals surface area (Å²) in [5.74, 6) is -0.0835. The molecular weight excluding hydrogens is 362 g/mol. The van der Waals surface area contributed by atoms with Gasteiger partial charge in [-0.15, -0.1) is 0 Å². The van der Waals surface area contributed by atoms with Gasteiger partial charge in [-0.3, -0.25) is 9.59 Å². The summed E-state index contributed by atoms with van der Waals surface area (Å²) >= 11 is 0. The van der Waals surface area contributed by atoms with Gasteiger partial charge in [-0.2, -0.15) is 5.10 Å². The number of rotatable bonds is 8. The van der Waals surface area contributed by atoms with E-state index in [2.05, 4.69) is 35.8 Å². The molecular formula is C24H33N3O2. The molecule has 5 nitrogen and oxygen atoms in total. The van der Waals surface area contributed by atoms with Gasteiger partial charge in [0, 0.05) is 23.4 Å². The fourth-order valence-corrected chi connectivity index (χ4v) is 3.31. The quantitative estimate of drug-likeness (QED) is 0.341. The Morgan fingerprint density at radius 2 is 1.76 bits per heavy atom. The van der Waals surface area contributed by atoms with Gasteiger partial charge < -0.3 is 5.32 Å². The number of amides is 2. The van der Waals surface area contributed by atoms with Crippen molar-refractivity contribution in [1.29, 1.82) is 0 Å². The third kappa shape index (κ3) is 8.46. The van der Waals surface area contributed by atoms with Crippen LogP contribution >= 0.6 is 0 Å². The van der Waals surface area contributed by atoms with Crippen molar-refractivity contribution in [3.05, 3.63) is 53.1 Å². The van der Waals surface area contributed by atoms with Gasteiger partial charge in [0.1, 0.15) is 0 Å². The topological polar surface area (TPSA) is 70.6 Å². The number of allylic oxidation sites excluding steroid dienone is 4. The van der Waals surface area contributed by atoms with Crippen molar-refractivity contribution in [3.63, 3.8) is 0 Å². The molecule has 0 spiro atoms. The van der Waals surface area contributed by atoms with Crippen LogP contribution in [0.3, 0.4) is 0 Å². The second kappa shape index (κ2) is 12.0. The third-order valence-electron chi connectivity index (χ3n) is 5.08. The molecule has 0 radical (unpaired) electrons. The number of nitrogens with zero attached hydrogens (tertiary/aromatic N) is 1. The molecule has 29 heavy (non-hydrogen) atoms. The van der Waals surface area contributed by atoms with Crippen LogP contribution in [0.4, 0.5) is 5.69 Å². The fourth-order valence-electron chi connectivity index (χ4n) is 3.31. The molecule has 1 aliphatic rings. The van der Waals surface area contributed by atoms with Crippen molar-refractivity contribution < 1.29 is 9.59 Å². The van der Waals surface area contributed by atoms with E-state index in [-0.39, 0.29) is 17.7 Å². The second-order valence-corrected chi connectivity index (χ2v) is 7.95. The minimum Gasteiger partial charge on any atom is -0.326 e. The summed E-state index contributed by atoms with van der Waals surface area (Å²) in [7, 11) is 0. The molecule has 0 saturated heterocycles. The lowest BCUT2D eigenvalue weighted by Crippen LogP contribution is -2.24. The highest BCUT2D eigenvalue weighted by molar-refractivity contribution is 5.96. The molecule has 0 unspecified atom stereocenters. The number of hydrogen-bond donors (Lipinski definition) is 2.